The van der Waals surface area contributed by atoms with Crippen LogP contribution in [-0.2, 0) is 27.3 Å². The number of carbonyl (C=O) groups excluding carboxylic acids is 3. The van der Waals surface area contributed by atoms with Gasteiger partial charge in [-0.2, -0.15) is 0 Å². The van der Waals surface area contributed by atoms with Gasteiger partial charge in [-0.05, 0) is 48.2 Å². The van der Waals surface area contributed by atoms with Crippen molar-refractivity contribution in [1.82, 2.24) is 15.5 Å². The Balaban J connectivity index is 1.56. The normalized spacial score (nSPS) is 18.7. The van der Waals surface area contributed by atoms with E-state index in [4.69, 9.17) is 4.74 Å². The van der Waals surface area contributed by atoms with E-state index in [0.717, 1.165) is 23.8 Å². The molecule has 0 aromatic heterocycles. The minimum absolute atomic E-state index is 0.0308. The highest BCUT2D eigenvalue weighted by Crippen LogP contribution is 2.20. The summed E-state index contributed by atoms with van der Waals surface area (Å²) in [6.45, 7) is 0.316. The maximum Gasteiger partial charge on any atom is 0.224 e. The van der Waals surface area contributed by atoms with Crippen LogP contribution >= 0.6 is 0 Å². The minimum Gasteiger partial charge on any atom is -0.497 e. The van der Waals surface area contributed by atoms with Crippen molar-refractivity contribution in [2.24, 2.45) is 5.92 Å². The van der Waals surface area contributed by atoms with E-state index in [-0.39, 0.29) is 43.1 Å². The van der Waals surface area contributed by atoms with E-state index in [1.807, 2.05) is 18.2 Å². The molecule has 0 radical (unpaired) electrons. The van der Waals surface area contributed by atoms with Gasteiger partial charge in [-0.15, -0.1) is 0 Å². The second-order valence-electron chi connectivity index (χ2n) is 8.89. The summed E-state index contributed by atoms with van der Waals surface area (Å²) in [6.07, 6.45) is 1.94. The SMILES string of the molecule is COc1cccc(CC(=O)NC2CCCC(C(=O)NCc3cc(F)cc(F)c3)CC(=O)N(C)C2)c1. The first-order valence-corrected chi connectivity index (χ1v) is 11.6. The molecule has 3 rings (SSSR count). The molecular formula is C26H31F2N3O4. The monoisotopic (exact) mass is 487 g/mol. The molecule has 0 saturated carbocycles. The summed E-state index contributed by atoms with van der Waals surface area (Å²) in [5.74, 6) is -2.00. The second kappa shape index (κ2) is 12.3. The van der Waals surface area contributed by atoms with Gasteiger partial charge in [0.15, 0.2) is 0 Å². The predicted molar refractivity (Wildman–Crippen MR) is 126 cm³/mol. The molecule has 2 unspecified atom stereocenters. The summed E-state index contributed by atoms with van der Waals surface area (Å²) >= 11 is 0. The topological polar surface area (TPSA) is 87.7 Å². The number of rotatable bonds is 7. The highest BCUT2D eigenvalue weighted by molar-refractivity contribution is 5.86. The van der Waals surface area contributed by atoms with Gasteiger partial charge in [0.2, 0.25) is 17.7 Å². The Morgan fingerprint density at radius 3 is 2.54 bits per heavy atom. The molecule has 0 aliphatic carbocycles. The first-order valence-electron chi connectivity index (χ1n) is 11.6. The lowest BCUT2D eigenvalue weighted by atomic mass is 9.96. The number of amides is 3. The molecule has 1 heterocycles. The van der Waals surface area contributed by atoms with E-state index in [1.165, 1.54) is 4.90 Å². The first-order chi connectivity index (χ1) is 16.7. The third-order valence-electron chi connectivity index (χ3n) is 6.07. The maximum absolute atomic E-state index is 13.4. The van der Waals surface area contributed by atoms with Gasteiger partial charge in [-0.1, -0.05) is 18.6 Å². The van der Waals surface area contributed by atoms with Crippen LogP contribution in [0.4, 0.5) is 8.78 Å². The zero-order valence-electron chi connectivity index (χ0n) is 20.0. The van der Waals surface area contributed by atoms with Crippen molar-refractivity contribution in [2.45, 2.75) is 44.7 Å². The molecule has 9 heteroatoms. The number of ether oxygens (including phenoxy) is 1. The summed E-state index contributed by atoms with van der Waals surface area (Å²) in [5, 5.41) is 5.69. The Morgan fingerprint density at radius 2 is 1.83 bits per heavy atom. The Hall–Kier alpha value is -3.49. The van der Waals surface area contributed by atoms with E-state index in [1.54, 1.807) is 20.2 Å². The van der Waals surface area contributed by atoms with Gasteiger partial charge in [-0.3, -0.25) is 14.4 Å². The summed E-state index contributed by atoms with van der Waals surface area (Å²) in [5.41, 5.74) is 1.13. The van der Waals surface area contributed by atoms with E-state index >= 15 is 0 Å². The second-order valence-corrected chi connectivity index (χ2v) is 8.89. The molecule has 3 amide bonds. The van der Waals surface area contributed by atoms with Crippen molar-refractivity contribution < 1.29 is 27.9 Å². The van der Waals surface area contributed by atoms with Crippen LogP contribution in [0.15, 0.2) is 42.5 Å². The summed E-state index contributed by atoms with van der Waals surface area (Å²) < 4.78 is 32.0. The fourth-order valence-electron chi connectivity index (χ4n) is 4.24. The summed E-state index contributed by atoms with van der Waals surface area (Å²) in [6, 6.07) is 10.1. The molecule has 1 fully saturated rings. The minimum atomic E-state index is -0.715. The molecule has 7 nitrogen and oxygen atoms in total. The van der Waals surface area contributed by atoms with Gasteiger partial charge in [0.1, 0.15) is 17.4 Å². The lowest BCUT2D eigenvalue weighted by Gasteiger charge is -2.24. The van der Waals surface area contributed by atoms with E-state index in [2.05, 4.69) is 10.6 Å². The van der Waals surface area contributed by atoms with Crippen LogP contribution in [0.1, 0.15) is 36.8 Å². The van der Waals surface area contributed by atoms with Gasteiger partial charge >= 0.3 is 0 Å². The first kappa shape index (κ1) is 26.1. The molecule has 1 saturated heterocycles. The molecule has 35 heavy (non-hydrogen) atoms. The third-order valence-corrected chi connectivity index (χ3v) is 6.07. The number of hydrogen-bond donors (Lipinski definition) is 2. The Labute approximate surface area is 203 Å². The fraction of sp³-hybridized carbons (Fsp3) is 0.423. The number of carbonyl (C=O) groups is 3. The van der Waals surface area contributed by atoms with Crippen molar-refractivity contribution >= 4 is 17.7 Å². The van der Waals surface area contributed by atoms with Crippen molar-refractivity contribution in [2.75, 3.05) is 20.7 Å². The predicted octanol–water partition coefficient (Wildman–Crippen LogP) is 2.97. The highest BCUT2D eigenvalue weighted by Gasteiger charge is 2.27. The largest absolute Gasteiger partial charge is 0.497 e. The van der Waals surface area contributed by atoms with Crippen LogP contribution in [0.25, 0.3) is 0 Å². The number of benzene rings is 2. The van der Waals surface area contributed by atoms with Gasteiger partial charge in [0, 0.05) is 44.6 Å². The number of nitrogens with zero attached hydrogens (tertiary/aromatic N) is 1. The Morgan fingerprint density at radius 1 is 1.09 bits per heavy atom. The van der Waals surface area contributed by atoms with Crippen LogP contribution in [0.3, 0.4) is 0 Å². The zero-order valence-corrected chi connectivity index (χ0v) is 20.0. The summed E-state index contributed by atoms with van der Waals surface area (Å²) in [7, 11) is 3.22. The molecule has 2 atom stereocenters. The Kier molecular flexibility index (Phi) is 9.17. The molecule has 2 aromatic rings. The van der Waals surface area contributed by atoms with Crippen molar-refractivity contribution in [1.29, 1.82) is 0 Å². The molecule has 2 N–H and O–H groups in total. The molecule has 1 aliphatic heterocycles. The Bertz CT molecular complexity index is 1040. The van der Waals surface area contributed by atoms with Crippen LogP contribution in [0.2, 0.25) is 0 Å². The average Bonchev–Trinajstić information content (AvgIpc) is 2.86. The smallest absolute Gasteiger partial charge is 0.224 e. The van der Waals surface area contributed by atoms with E-state index in [9.17, 15) is 23.2 Å². The van der Waals surface area contributed by atoms with E-state index < -0.39 is 17.6 Å². The molecule has 1 aliphatic rings. The van der Waals surface area contributed by atoms with Crippen molar-refractivity contribution in [3.05, 3.63) is 65.2 Å². The van der Waals surface area contributed by atoms with Crippen molar-refractivity contribution in [3.63, 3.8) is 0 Å². The molecule has 188 valence electrons. The number of methoxy groups -OCH3 is 1. The van der Waals surface area contributed by atoms with Gasteiger partial charge in [-0.25, -0.2) is 8.78 Å². The fourth-order valence-corrected chi connectivity index (χ4v) is 4.24. The molecule has 0 spiro atoms. The maximum atomic E-state index is 13.4. The average molecular weight is 488 g/mol. The standard InChI is InChI=1S/C26H31F2N3O4/c1-31-16-22(30-24(32)12-17-5-3-8-23(11-17)35-2)7-4-6-19(13-25(31)33)26(34)29-15-18-9-20(27)14-21(28)10-18/h3,5,8-11,14,19,22H,4,6-7,12-13,15-16H2,1-2H3,(H,29,34)(H,30,32). The highest BCUT2D eigenvalue weighted by atomic mass is 19.1. The quantitative estimate of drug-likeness (QED) is 0.629. The van der Waals surface area contributed by atoms with Gasteiger partial charge in [0.25, 0.3) is 0 Å². The third kappa shape index (κ3) is 8.05. The zero-order chi connectivity index (χ0) is 25.4. The van der Waals surface area contributed by atoms with E-state index in [0.29, 0.717) is 37.1 Å². The number of likely N-dealkylation sites (N-methyl/N-ethyl adjacent to an activating group) is 1. The van der Waals surface area contributed by atoms with Crippen molar-refractivity contribution in [3.8, 4) is 5.75 Å². The van der Waals surface area contributed by atoms with Gasteiger partial charge < -0.3 is 20.3 Å². The molecular weight excluding hydrogens is 456 g/mol. The molecule has 0 bridgehead atoms. The van der Waals surface area contributed by atoms with Crippen LogP contribution < -0.4 is 15.4 Å². The van der Waals surface area contributed by atoms with Crippen LogP contribution in [0.5, 0.6) is 5.75 Å². The van der Waals surface area contributed by atoms with Gasteiger partial charge in [0.05, 0.1) is 13.5 Å². The molecule has 2 aromatic carbocycles. The lowest BCUT2D eigenvalue weighted by molar-refractivity contribution is -0.135. The van der Waals surface area contributed by atoms with Crippen LogP contribution in [-0.4, -0.2) is 49.4 Å². The lowest BCUT2D eigenvalue weighted by Crippen LogP contribution is -2.44. The number of nitrogens with one attached hydrogen (secondary N) is 2. The number of halogens is 2. The number of hydrogen-bond acceptors (Lipinski definition) is 4. The van der Waals surface area contributed by atoms with Crippen LogP contribution in [0, 0.1) is 17.6 Å². The summed E-state index contributed by atoms with van der Waals surface area (Å²) in [4.78, 5) is 39.6.